The molecule has 1 unspecified atom stereocenters. The van der Waals surface area contributed by atoms with Gasteiger partial charge in [-0.25, -0.2) is 0 Å². The van der Waals surface area contributed by atoms with Gasteiger partial charge in [0.15, 0.2) is 0 Å². The highest BCUT2D eigenvalue weighted by atomic mass is 35.5. The van der Waals surface area contributed by atoms with Crippen molar-refractivity contribution in [3.63, 3.8) is 0 Å². The second-order valence-corrected chi connectivity index (χ2v) is 8.85. The number of halogens is 1. The Labute approximate surface area is 213 Å². The lowest BCUT2D eigenvalue weighted by Crippen LogP contribution is -2.29. The number of Topliss-reactive ketones (excluding diaryl/α,β-unsaturated/α-hetero) is 1. The van der Waals surface area contributed by atoms with Crippen molar-refractivity contribution in [3.05, 3.63) is 94.0 Å². The summed E-state index contributed by atoms with van der Waals surface area (Å²) in [5, 5.41) is 20.9. The quantitative estimate of drug-likeness (QED) is 0.266. The molecule has 182 valence electrons. The average Bonchev–Trinajstić information content (AvgIpc) is 3.13. The molecular weight excluding hydrogens is 480 g/mol. The van der Waals surface area contributed by atoms with E-state index in [9.17, 15) is 20.0 Å². The first-order valence-electron chi connectivity index (χ1n) is 11.2. The number of anilines is 1. The van der Waals surface area contributed by atoms with Gasteiger partial charge in [-0.3, -0.25) is 14.5 Å². The average molecular weight is 503 g/mol. The molecule has 1 N–H and O–H groups in total. The molecule has 0 spiro atoms. The molecule has 3 aromatic rings. The first kappa shape index (κ1) is 24.8. The lowest BCUT2D eigenvalue weighted by molar-refractivity contribution is -0.132. The molecule has 0 saturated carbocycles. The largest absolute Gasteiger partial charge is 0.507 e. The van der Waals surface area contributed by atoms with Crippen molar-refractivity contribution in [1.29, 1.82) is 5.26 Å². The molecule has 7 nitrogen and oxygen atoms in total. The maximum absolute atomic E-state index is 13.4. The number of rotatable bonds is 6. The minimum Gasteiger partial charge on any atom is -0.507 e. The number of carbonyl (C=O) groups is 2. The van der Waals surface area contributed by atoms with Crippen LogP contribution in [0.5, 0.6) is 11.5 Å². The molecule has 1 aliphatic heterocycles. The molecule has 36 heavy (non-hydrogen) atoms. The minimum absolute atomic E-state index is 0.0964. The summed E-state index contributed by atoms with van der Waals surface area (Å²) in [6.07, 6.45) is -0.0964. The van der Waals surface area contributed by atoms with Crippen LogP contribution >= 0.6 is 11.6 Å². The fourth-order valence-corrected chi connectivity index (χ4v) is 4.32. The van der Waals surface area contributed by atoms with Crippen LogP contribution in [0.2, 0.25) is 5.02 Å². The third-order valence-corrected chi connectivity index (χ3v) is 5.92. The van der Waals surface area contributed by atoms with Crippen molar-refractivity contribution in [2.24, 2.45) is 0 Å². The van der Waals surface area contributed by atoms with Crippen LogP contribution in [-0.2, 0) is 9.59 Å². The minimum atomic E-state index is -0.975. The van der Waals surface area contributed by atoms with Crippen molar-refractivity contribution in [1.82, 2.24) is 0 Å². The van der Waals surface area contributed by atoms with E-state index in [4.69, 9.17) is 21.1 Å². The van der Waals surface area contributed by atoms with Gasteiger partial charge in [-0.05, 0) is 74.0 Å². The Hall–Kier alpha value is -4.28. The molecule has 3 aromatic carbocycles. The Morgan fingerprint density at radius 3 is 2.44 bits per heavy atom. The molecule has 1 amide bonds. The number of ketones is 1. The molecular formula is C28H23ClN2O5. The predicted octanol–water partition coefficient (Wildman–Crippen LogP) is 5.63. The Bertz CT molecular complexity index is 1410. The summed E-state index contributed by atoms with van der Waals surface area (Å²) < 4.78 is 11.2. The Morgan fingerprint density at radius 2 is 1.81 bits per heavy atom. The third kappa shape index (κ3) is 4.64. The number of nitrogens with zero attached hydrogens (tertiary/aromatic N) is 2. The van der Waals surface area contributed by atoms with E-state index in [-0.39, 0.29) is 23.0 Å². The first-order chi connectivity index (χ1) is 17.2. The van der Waals surface area contributed by atoms with Crippen molar-refractivity contribution in [3.8, 4) is 17.6 Å². The third-order valence-electron chi connectivity index (χ3n) is 5.68. The number of aliphatic hydroxyl groups is 1. The molecule has 8 heteroatoms. The zero-order chi connectivity index (χ0) is 26.0. The molecule has 1 aliphatic rings. The maximum atomic E-state index is 13.4. The van der Waals surface area contributed by atoms with Gasteiger partial charge in [-0.15, -0.1) is 0 Å². The molecule has 0 bridgehead atoms. The molecule has 1 heterocycles. The molecule has 1 atom stereocenters. The van der Waals surface area contributed by atoms with E-state index in [1.807, 2.05) is 19.9 Å². The van der Waals surface area contributed by atoms with Crippen LogP contribution in [0.1, 0.15) is 36.6 Å². The first-order valence-corrected chi connectivity index (χ1v) is 11.5. The van der Waals surface area contributed by atoms with Gasteiger partial charge in [0.1, 0.15) is 17.3 Å². The molecule has 0 aromatic heterocycles. The van der Waals surface area contributed by atoms with Crippen molar-refractivity contribution in [2.45, 2.75) is 26.0 Å². The summed E-state index contributed by atoms with van der Waals surface area (Å²) in [6, 6.07) is 19.0. The summed E-state index contributed by atoms with van der Waals surface area (Å²) in [5.41, 5.74) is 1.42. The number of aliphatic hydroxyl groups excluding tert-OH is 1. The molecule has 0 aliphatic carbocycles. The standard InChI is InChI=1S/C28H23ClN2O5/c1-16(2)36-21-6-4-5-18(13-21)25-24(26(32)22-14-19(29)9-12-23(22)35-3)27(33)28(34)31(25)20-10-7-17(15-30)8-11-20/h4-14,16,25,32H,1-3H3/b26-24+. The number of amides is 1. The lowest BCUT2D eigenvalue weighted by Gasteiger charge is -2.26. The second kappa shape index (κ2) is 10.1. The fraction of sp³-hybridized carbons (Fsp3) is 0.179. The van der Waals surface area contributed by atoms with Gasteiger partial charge in [0, 0.05) is 10.7 Å². The van der Waals surface area contributed by atoms with E-state index in [1.54, 1.807) is 60.7 Å². The van der Waals surface area contributed by atoms with Crippen LogP contribution in [0.3, 0.4) is 0 Å². The van der Waals surface area contributed by atoms with E-state index in [0.29, 0.717) is 27.6 Å². The monoisotopic (exact) mass is 502 g/mol. The highest BCUT2D eigenvalue weighted by molar-refractivity contribution is 6.51. The van der Waals surface area contributed by atoms with Crippen LogP contribution < -0.4 is 14.4 Å². The van der Waals surface area contributed by atoms with Gasteiger partial charge in [-0.2, -0.15) is 5.26 Å². The number of hydrogen-bond acceptors (Lipinski definition) is 6. The number of benzene rings is 3. The Kier molecular flexibility index (Phi) is 7.00. The van der Waals surface area contributed by atoms with Crippen molar-refractivity contribution in [2.75, 3.05) is 12.0 Å². The number of carbonyl (C=O) groups excluding carboxylic acids is 2. The number of ether oxygens (including phenoxy) is 2. The van der Waals surface area contributed by atoms with E-state index in [1.165, 1.54) is 18.1 Å². The molecule has 0 radical (unpaired) electrons. The van der Waals surface area contributed by atoms with E-state index in [0.717, 1.165) is 0 Å². The van der Waals surface area contributed by atoms with Crippen LogP contribution in [0.15, 0.2) is 72.3 Å². The van der Waals surface area contributed by atoms with Gasteiger partial charge in [0.05, 0.1) is 42.0 Å². The van der Waals surface area contributed by atoms with Crippen LogP contribution in [-0.4, -0.2) is 30.0 Å². The van der Waals surface area contributed by atoms with Crippen LogP contribution in [0.25, 0.3) is 5.76 Å². The Balaban J connectivity index is 1.97. The summed E-state index contributed by atoms with van der Waals surface area (Å²) in [7, 11) is 1.43. The summed E-state index contributed by atoms with van der Waals surface area (Å²) >= 11 is 6.17. The highest BCUT2D eigenvalue weighted by Gasteiger charge is 2.47. The fourth-order valence-electron chi connectivity index (χ4n) is 4.15. The topological polar surface area (TPSA) is 99.9 Å². The van der Waals surface area contributed by atoms with Crippen LogP contribution in [0.4, 0.5) is 5.69 Å². The summed E-state index contributed by atoms with van der Waals surface area (Å²) in [4.78, 5) is 28.0. The van der Waals surface area contributed by atoms with Gasteiger partial charge >= 0.3 is 0 Å². The van der Waals surface area contributed by atoms with Gasteiger partial charge in [0.25, 0.3) is 11.7 Å². The zero-order valence-electron chi connectivity index (χ0n) is 19.9. The summed E-state index contributed by atoms with van der Waals surface area (Å²) in [6.45, 7) is 3.78. The number of hydrogen-bond donors (Lipinski definition) is 1. The summed E-state index contributed by atoms with van der Waals surface area (Å²) in [5.74, 6) is -1.25. The highest BCUT2D eigenvalue weighted by Crippen LogP contribution is 2.44. The predicted molar refractivity (Wildman–Crippen MR) is 136 cm³/mol. The smallest absolute Gasteiger partial charge is 0.300 e. The lowest BCUT2D eigenvalue weighted by atomic mass is 9.94. The second-order valence-electron chi connectivity index (χ2n) is 8.41. The van der Waals surface area contributed by atoms with Crippen molar-refractivity contribution < 1.29 is 24.2 Å². The van der Waals surface area contributed by atoms with E-state index in [2.05, 4.69) is 0 Å². The number of methoxy groups -OCH3 is 1. The van der Waals surface area contributed by atoms with Gasteiger partial charge in [-0.1, -0.05) is 23.7 Å². The SMILES string of the molecule is COc1ccc(Cl)cc1/C(O)=C1\C(=O)C(=O)N(c2ccc(C#N)cc2)C1c1cccc(OC(C)C)c1. The Morgan fingerprint density at radius 1 is 1.08 bits per heavy atom. The molecule has 1 saturated heterocycles. The normalized spacial score (nSPS) is 16.8. The molecule has 1 fully saturated rings. The van der Waals surface area contributed by atoms with Gasteiger partial charge in [0.2, 0.25) is 0 Å². The number of nitriles is 1. The molecule has 4 rings (SSSR count). The zero-order valence-corrected chi connectivity index (χ0v) is 20.6. The van der Waals surface area contributed by atoms with Crippen molar-refractivity contribution >= 4 is 34.7 Å². The van der Waals surface area contributed by atoms with E-state index < -0.39 is 23.5 Å². The van der Waals surface area contributed by atoms with Gasteiger partial charge < -0.3 is 14.6 Å². The maximum Gasteiger partial charge on any atom is 0.300 e. The van der Waals surface area contributed by atoms with E-state index >= 15 is 0 Å². The van der Waals surface area contributed by atoms with Crippen LogP contribution in [0, 0.1) is 11.3 Å².